The molecule has 0 fully saturated rings. The van der Waals surface area contributed by atoms with Gasteiger partial charge in [0, 0.05) is 26.0 Å². The quantitative estimate of drug-likeness (QED) is 0.652. The maximum atomic E-state index is 11.8. The predicted molar refractivity (Wildman–Crippen MR) is 60.7 cm³/mol. The molecule has 0 aliphatic rings. The Kier molecular flexibility index (Phi) is 5.45. The Labute approximate surface area is 92.0 Å². The van der Waals surface area contributed by atoms with Crippen molar-refractivity contribution in [3.8, 4) is 0 Å². The summed E-state index contributed by atoms with van der Waals surface area (Å²) >= 11 is 5.74. The average Bonchev–Trinajstić information content (AvgIpc) is 2.12. The van der Waals surface area contributed by atoms with E-state index in [-0.39, 0.29) is 5.91 Å². The molecule has 0 heterocycles. The van der Waals surface area contributed by atoms with Gasteiger partial charge in [0.25, 0.3) is 0 Å². The lowest BCUT2D eigenvalue weighted by Gasteiger charge is -2.28. The monoisotopic (exact) mass is 220 g/mol. The first-order valence-electron chi connectivity index (χ1n) is 4.77. The van der Waals surface area contributed by atoms with Crippen molar-refractivity contribution in [3.63, 3.8) is 0 Å². The molecule has 14 heavy (non-hydrogen) atoms. The van der Waals surface area contributed by atoms with Gasteiger partial charge in [-0.05, 0) is 27.9 Å². The lowest BCUT2D eigenvalue weighted by molar-refractivity contribution is -0.137. The van der Waals surface area contributed by atoms with Gasteiger partial charge in [-0.25, -0.2) is 0 Å². The van der Waals surface area contributed by atoms with Crippen LogP contribution in [0.3, 0.4) is 0 Å². The van der Waals surface area contributed by atoms with Gasteiger partial charge in [-0.3, -0.25) is 4.79 Å². The predicted octanol–water partition coefficient (Wildman–Crippen LogP) is 1.27. The Bertz CT molecular complexity index is 193. The molecule has 4 heteroatoms. The van der Waals surface area contributed by atoms with Crippen LogP contribution in [-0.4, -0.2) is 55.8 Å². The summed E-state index contributed by atoms with van der Waals surface area (Å²) in [4.78, 5) is 15.6. The number of amides is 1. The van der Waals surface area contributed by atoms with E-state index >= 15 is 0 Å². The van der Waals surface area contributed by atoms with Crippen LogP contribution in [0.15, 0.2) is 0 Å². The third-order valence-electron chi connectivity index (χ3n) is 2.14. The topological polar surface area (TPSA) is 23.6 Å². The van der Waals surface area contributed by atoms with E-state index in [0.717, 1.165) is 13.1 Å². The van der Waals surface area contributed by atoms with Gasteiger partial charge in [-0.1, -0.05) is 0 Å². The van der Waals surface area contributed by atoms with E-state index in [1.807, 2.05) is 35.0 Å². The van der Waals surface area contributed by atoms with Crippen molar-refractivity contribution in [1.29, 1.82) is 0 Å². The number of rotatable bonds is 5. The summed E-state index contributed by atoms with van der Waals surface area (Å²) in [6.45, 7) is 5.36. The van der Waals surface area contributed by atoms with Gasteiger partial charge in [-0.15, -0.1) is 11.6 Å². The van der Waals surface area contributed by atoms with Gasteiger partial charge in [-0.2, -0.15) is 0 Å². The van der Waals surface area contributed by atoms with Gasteiger partial charge in [0.05, 0.1) is 5.41 Å². The lowest BCUT2D eigenvalue weighted by atomic mass is 9.94. The summed E-state index contributed by atoms with van der Waals surface area (Å²) in [7, 11) is 5.80. The molecule has 0 spiro atoms. The molecule has 84 valence electrons. The minimum atomic E-state index is -0.456. The smallest absolute Gasteiger partial charge is 0.229 e. The van der Waals surface area contributed by atoms with Crippen molar-refractivity contribution in [2.24, 2.45) is 5.41 Å². The van der Waals surface area contributed by atoms with E-state index < -0.39 is 5.41 Å². The largest absolute Gasteiger partial charge is 0.344 e. The van der Waals surface area contributed by atoms with Crippen LogP contribution in [0.5, 0.6) is 0 Å². The number of halogens is 1. The SMILES string of the molecule is CN(C)CCN(C)C(=O)C(C)(C)CCl. The number of hydrogen-bond acceptors (Lipinski definition) is 2. The molecule has 0 rings (SSSR count). The maximum absolute atomic E-state index is 11.8. The fourth-order valence-electron chi connectivity index (χ4n) is 1.03. The molecular formula is C10H21ClN2O. The van der Waals surface area contributed by atoms with Crippen LogP contribution in [0.25, 0.3) is 0 Å². The number of nitrogens with zero attached hydrogens (tertiary/aromatic N) is 2. The van der Waals surface area contributed by atoms with Gasteiger partial charge in [0.1, 0.15) is 0 Å². The van der Waals surface area contributed by atoms with Crippen LogP contribution in [0.2, 0.25) is 0 Å². The Balaban J connectivity index is 4.12. The molecule has 1 amide bonds. The summed E-state index contributed by atoms with van der Waals surface area (Å²) < 4.78 is 0. The maximum Gasteiger partial charge on any atom is 0.229 e. The Morgan fingerprint density at radius 2 is 1.71 bits per heavy atom. The molecule has 0 aliphatic carbocycles. The molecule has 0 N–H and O–H groups in total. The number of carbonyl (C=O) groups is 1. The number of carbonyl (C=O) groups excluding carboxylic acids is 1. The molecular weight excluding hydrogens is 200 g/mol. The third-order valence-corrected chi connectivity index (χ3v) is 2.81. The first-order chi connectivity index (χ1) is 6.31. The molecule has 0 saturated heterocycles. The van der Waals surface area contributed by atoms with Crippen LogP contribution >= 0.6 is 11.6 Å². The highest BCUT2D eigenvalue weighted by Crippen LogP contribution is 2.19. The first-order valence-corrected chi connectivity index (χ1v) is 5.31. The van der Waals surface area contributed by atoms with Gasteiger partial charge in [0.15, 0.2) is 0 Å². The highest BCUT2D eigenvalue weighted by atomic mass is 35.5. The molecule has 0 aromatic rings. The second-order valence-electron chi connectivity index (χ2n) is 4.55. The molecule has 0 atom stereocenters. The molecule has 0 aromatic heterocycles. The van der Waals surface area contributed by atoms with E-state index in [1.54, 1.807) is 4.90 Å². The fraction of sp³-hybridized carbons (Fsp3) is 0.900. The summed E-state index contributed by atoms with van der Waals surface area (Å²) in [6.07, 6.45) is 0. The number of hydrogen-bond donors (Lipinski definition) is 0. The minimum Gasteiger partial charge on any atom is -0.344 e. The zero-order valence-corrected chi connectivity index (χ0v) is 10.6. The van der Waals surface area contributed by atoms with Crippen molar-refractivity contribution in [3.05, 3.63) is 0 Å². The highest BCUT2D eigenvalue weighted by Gasteiger charge is 2.29. The van der Waals surface area contributed by atoms with Crippen LogP contribution in [0, 0.1) is 5.41 Å². The van der Waals surface area contributed by atoms with Gasteiger partial charge in [0.2, 0.25) is 5.91 Å². The van der Waals surface area contributed by atoms with E-state index in [2.05, 4.69) is 4.90 Å². The lowest BCUT2D eigenvalue weighted by Crippen LogP contribution is -2.42. The van der Waals surface area contributed by atoms with Gasteiger partial charge >= 0.3 is 0 Å². The van der Waals surface area contributed by atoms with Crippen molar-refractivity contribution in [2.45, 2.75) is 13.8 Å². The van der Waals surface area contributed by atoms with Crippen LogP contribution < -0.4 is 0 Å². The highest BCUT2D eigenvalue weighted by molar-refractivity contribution is 6.19. The molecule has 0 bridgehead atoms. The van der Waals surface area contributed by atoms with Crippen LogP contribution in [-0.2, 0) is 4.79 Å². The van der Waals surface area contributed by atoms with E-state index in [9.17, 15) is 4.79 Å². The third kappa shape index (κ3) is 4.29. The summed E-state index contributed by atoms with van der Waals surface area (Å²) in [5, 5.41) is 0. The molecule has 0 unspecified atom stereocenters. The Morgan fingerprint density at radius 3 is 2.07 bits per heavy atom. The second kappa shape index (κ2) is 5.56. The molecule has 3 nitrogen and oxygen atoms in total. The zero-order valence-electron chi connectivity index (χ0n) is 9.80. The van der Waals surface area contributed by atoms with Crippen LogP contribution in [0.1, 0.15) is 13.8 Å². The van der Waals surface area contributed by atoms with E-state index in [0.29, 0.717) is 5.88 Å². The molecule has 0 aliphatic heterocycles. The summed E-state index contributed by atoms with van der Waals surface area (Å²) in [6, 6.07) is 0. The van der Waals surface area contributed by atoms with E-state index in [4.69, 9.17) is 11.6 Å². The van der Waals surface area contributed by atoms with Crippen LogP contribution in [0.4, 0.5) is 0 Å². The first kappa shape index (κ1) is 13.7. The Morgan fingerprint density at radius 1 is 1.21 bits per heavy atom. The van der Waals surface area contributed by atoms with Gasteiger partial charge < -0.3 is 9.80 Å². The normalized spacial score (nSPS) is 11.9. The Hall–Kier alpha value is -0.280. The van der Waals surface area contributed by atoms with E-state index in [1.165, 1.54) is 0 Å². The summed E-state index contributed by atoms with van der Waals surface area (Å²) in [5.74, 6) is 0.465. The van der Waals surface area contributed by atoms with Crippen molar-refractivity contribution < 1.29 is 4.79 Å². The summed E-state index contributed by atoms with van der Waals surface area (Å²) in [5.41, 5.74) is -0.456. The molecule has 0 aromatic carbocycles. The number of alkyl halides is 1. The van der Waals surface area contributed by atoms with Crippen molar-refractivity contribution in [1.82, 2.24) is 9.80 Å². The average molecular weight is 221 g/mol. The fourth-order valence-corrected chi connectivity index (χ4v) is 1.14. The zero-order chi connectivity index (χ0) is 11.4. The molecule has 0 radical (unpaired) electrons. The van der Waals surface area contributed by atoms with Crippen molar-refractivity contribution >= 4 is 17.5 Å². The number of likely N-dealkylation sites (N-methyl/N-ethyl adjacent to an activating group) is 2. The standard InChI is InChI=1S/C10H21ClN2O/c1-10(2,8-11)9(14)13(5)7-6-12(3)4/h6-8H2,1-5H3. The second-order valence-corrected chi connectivity index (χ2v) is 4.81. The molecule has 0 saturated carbocycles. The minimum absolute atomic E-state index is 0.106. The van der Waals surface area contributed by atoms with Crippen molar-refractivity contribution in [2.75, 3.05) is 40.1 Å².